The first-order valence-corrected chi connectivity index (χ1v) is 6.70. The van der Waals surface area contributed by atoms with Crippen LogP contribution in [0, 0.1) is 11.8 Å². The molecule has 2 N–H and O–H groups in total. The second-order valence-corrected chi connectivity index (χ2v) is 5.10. The van der Waals surface area contributed by atoms with Crippen molar-refractivity contribution in [3.63, 3.8) is 0 Å². The van der Waals surface area contributed by atoms with Crippen LogP contribution in [0.5, 0.6) is 5.75 Å². The van der Waals surface area contributed by atoms with E-state index in [1.165, 1.54) is 24.8 Å². The van der Waals surface area contributed by atoms with Gasteiger partial charge in [0.1, 0.15) is 5.75 Å². The molecule has 0 radical (unpaired) electrons. The minimum atomic E-state index is 0.183. The number of hydrogen-bond acceptors (Lipinski definition) is 2. The van der Waals surface area contributed by atoms with Gasteiger partial charge < -0.3 is 10.5 Å². The van der Waals surface area contributed by atoms with Crippen molar-refractivity contribution in [2.24, 2.45) is 17.6 Å². The molecule has 2 nitrogen and oxygen atoms in total. The molecule has 0 spiro atoms. The third-order valence-corrected chi connectivity index (χ3v) is 3.97. The first-order chi connectivity index (χ1) is 8.22. The van der Waals surface area contributed by atoms with Crippen molar-refractivity contribution in [3.8, 4) is 5.75 Å². The molecule has 1 aromatic carbocycles. The van der Waals surface area contributed by atoms with E-state index in [1.54, 1.807) is 0 Å². The SMILES string of the molecule is CCOc1ccc(C(N)C2CCCC2C)cc1. The highest BCUT2D eigenvalue weighted by atomic mass is 16.5. The molecule has 1 aromatic rings. The van der Waals surface area contributed by atoms with Crippen LogP contribution in [-0.4, -0.2) is 6.61 Å². The first-order valence-electron chi connectivity index (χ1n) is 6.70. The Balaban J connectivity index is 2.05. The van der Waals surface area contributed by atoms with Gasteiger partial charge >= 0.3 is 0 Å². The molecule has 1 aliphatic rings. The molecule has 1 aliphatic carbocycles. The zero-order chi connectivity index (χ0) is 12.3. The standard InChI is InChI=1S/C15H23NO/c1-3-17-13-9-7-12(8-10-13)15(16)14-6-4-5-11(14)2/h7-11,14-15H,3-6,16H2,1-2H3. The second-order valence-electron chi connectivity index (χ2n) is 5.10. The molecule has 0 heterocycles. The minimum Gasteiger partial charge on any atom is -0.494 e. The highest BCUT2D eigenvalue weighted by Gasteiger charge is 2.29. The zero-order valence-corrected chi connectivity index (χ0v) is 10.9. The summed E-state index contributed by atoms with van der Waals surface area (Å²) < 4.78 is 5.45. The summed E-state index contributed by atoms with van der Waals surface area (Å²) in [5.74, 6) is 2.34. The quantitative estimate of drug-likeness (QED) is 0.863. The molecule has 0 amide bonds. The lowest BCUT2D eigenvalue weighted by molar-refractivity contribution is 0.338. The maximum Gasteiger partial charge on any atom is 0.119 e. The summed E-state index contributed by atoms with van der Waals surface area (Å²) >= 11 is 0. The highest BCUT2D eigenvalue weighted by molar-refractivity contribution is 5.29. The van der Waals surface area contributed by atoms with Gasteiger partial charge in [-0.05, 0) is 42.9 Å². The number of hydrogen-bond donors (Lipinski definition) is 1. The van der Waals surface area contributed by atoms with Crippen LogP contribution in [0.1, 0.15) is 44.7 Å². The van der Waals surface area contributed by atoms with Crippen molar-refractivity contribution in [3.05, 3.63) is 29.8 Å². The van der Waals surface area contributed by atoms with Crippen LogP contribution in [0.3, 0.4) is 0 Å². The van der Waals surface area contributed by atoms with Crippen molar-refractivity contribution >= 4 is 0 Å². The molecule has 1 saturated carbocycles. The predicted molar refractivity (Wildman–Crippen MR) is 71.0 cm³/mol. The van der Waals surface area contributed by atoms with E-state index in [0.29, 0.717) is 12.5 Å². The third-order valence-electron chi connectivity index (χ3n) is 3.97. The van der Waals surface area contributed by atoms with E-state index < -0.39 is 0 Å². The van der Waals surface area contributed by atoms with Crippen molar-refractivity contribution < 1.29 is 4.74 Å². The Bertz CT molecular complexity index is 346. The van der Waals surface area contributed by atoms with Crippen LogP contribution in [-0.2, 0) is 0 Å². The van der Waals surface area contributed by atoms with E-state index in [1.807, 2.05) is 19.1 Å². The van der Waals surface area contributed by atoms with Crippen LogP contribution in [0.2, 0.25) is 0 Å². The summed E-state index contributed by atoms with van der Waals surface area (Å²) in [6.45, 7) is 5.04. The van der Waals surface area contributed by atoms with Gasteiger partial charge in [-0.15, -0.1) is 0 Å². The van der Waals surface area contributed by atoms with Crippen molar-refractivity contribution in [1.29, 1.82) is 0 Å². The lowest BCUT2D eigenvalue weighted by Crippen LogP contribution is -2.23. The monoisotopic (exact) mass is 233 g/mol. The summed E-state index contributed by atoms with van der Waals surface area (Å²) in [5.41, 5.74) is 7.62. The highest BCUT2D eigenvalue weighted by Crippen LogP contribution is 2.38. The Morgan fingerprint density at radius 1 is 1.29 bits per heavy atom. The maximum absolute atomic E-state index is 6.37. The smallest absolute Gasteiger partial charge is 0.119 e. The predicted octanol–water partition coefficient (Wildman–Crippen LogP) is 3.52. The van der Waals surface area contributed by atoms with Gasteiger partial charge in [0.05, 0.1) is 6.61 Å². The molecule has 2 rings (SSSR count). The summed E-state index contributed by atoms with van der Waals surface area (Å²) in [6.07, 6.45) is 3.93. The third kappa shape index (κ3) is 2.81. The lowest BCUT2D eigenvalue weighted by atomic mass is 9.86. The molecule has 0 aliphatic heterocycles. The van der Waals surface area contributed by atoms with Gasteiger partial charge in [0.25, 0.3) is 0 Å². The fraction of sp³-hybridized carbons (Fsp3) is 0.600. The number of benzene rings is 1. The van der Waals surface area contributed by atoms with Crippen LogP contribution < -0.4 is 10.5 Å². The molecular formula is C15H23NO. The lowest BCUT2D eigenvalue weighted by Gasteiger charge is -2.23. The Kier molecular flexibility index (Phi) is 4.06. The van der Waals surface area contributed by atoms with E-state index in [-0.39, 0.29) is 6.04 Å². The van der Waals surface area contributed by atoms with E-state index in [4.69, 9.17) is 10.5 Å². The van der Waals surface area contributed by atoms with Gasteiger partial charge in [-0.25, -0.2) is 0 Å². The number of nitrogens with two attached hydrogens (primary N) is 1. The van der Waals surface area contributed by atoms with E-state index >= 15 is 0 Å². The zero-order valence-electron chi connectivity index (χ0n) is 10.9. The molecule has 94 valence electrons. The van der Waals surface area contributed by atoms with Gasteiger partial charge in [-0.1, -0.05) is 31.9 Å². The van der Waals surface area contributed by atoms with Gasteiger partial charge in [-0.2, -0.15) is 0 Å². The molecule has 0 saturated heterocycles. The summed E-state index contributed by atoms with van der Waals surface area (Å²) in [7, 11) is 0. The molecule has 17 heavy (non-hydrogen) atoms. The Labute approximate surface area is 104 Å². The molecule has 1 fully saturated rings. The van der Waals surface area contributed by atoms with Crippen LogP contribution in [0.15, 0.2) is 24.3 Å². The van der Waals surface area contributed by atoms with E-state index in [9.17, 15) is 0 Å². The molecule has 0 bridgehead atoms. The Morgan fingerprint density at radius 2 is 2.00 bits per heavy atom. The van der Waals surface area contributed by atoms with Crippen LogP contribution in [0.4, 0.5) is 0 Å². The topological polar surface area (TPSA) is 35.2 Å². The number of rotatable bonds is 4. The fourth-order valence-corrected chi connectivity index (χ4v) is 2.91. The Hall–Kier alpha value is -1.02. The van der Waals surface area contributed by atoms with Gasteiger partial charge in [-0.3, -0.25) is 0 Å². The number of ether oxygens (including phenoxy) is 1. The van der Waals surface area contributed by atoms with Gasteiger partial charge in [0, 0.05) is 6.04 Å². The molecular weight excluding hydrogens is 210 g/mol. The van der Waals surface area contributed by atoms with Crippen molar-refractivity contribution in [2.75, 3.05) is 6.61 Å². The fourth-order valence-electron chi connectivity index (χ4n) is 2.91. The van der Waals surface area contributed by atoms with Crippen molar-refractivity contribution in [1.82, 2.24) is 0 Å². The van der Waals surface area contributed by atoms with Crippen LogP contribution >= 0.6 is 0 Å². The molecule has 3 atom stereocenters. The molecule has 2 heteroatoms. The minimum absolute atomic E-state index is 0.183. The van der Waals surface area contributed by atoms with E-state index in [2.05, 4.69) is 19.1 Å². The average molecular weight is 233 g/mol. The first kappa shape index (κ1) is 12.4. The van der Waals surface area contributed by atoms with Gasteiger partial charge in [0.15, 0.2) is 0 Å². The summed E-state index contributed by atoms with van der Waals surface area (Å²) in [6, 6.07) is 8.46. The normalized spacial score (nSPS) is 25.8. The summed E-state index contributed by atoms with van der Waals surface area (Å²) in [5, 5.41) is 0. The maximum atomic E-state index is 6.37. The van der Waals surface area contributed by atoms with Crippen molar-refractivity contribution in [2.45, 2.75) is 39.2 Å². The van der Waals surface area contributed by atoms with Gasteiger partial charge in [0.2, 0.25) is 0 Å². The van der Waals surface area contributed by atoms with E-state index in [0.717, 1.165) is 11.7 Å². The van der Waals surface area contributed by atoms with Crippen LogP contribution in [0.25, 0.3) is 0 Å². The Morgan fingerprint density at radius 3 is 2.53 bits per heavy atom. The second kappa shape index (κ2) is 5.54. The summed E-state index contributed by atoms with van der Waals surface area (Å²) in [4.78, 5) is 0. The molecule has 3 unspecified atom stereocenters. The average Bonchev–Trinajstić information content (AvgIpc) is 2.76. The largest absolute Gasteiger partial charge is 0.494 e. The molecule has 0 aromatic heterocycles.